The van der Waals surface area contributed by atoms with Gasteiger partial charge in [0.15, 0.2) is 17.0 Å². The van der Waals surface area contributed by atoms with Crippen molar-refractivity contribution in [3.63, 3.8) is 0 Å². The van der Waals surface area contributed by atoms with Crippen molar-refractivity contribution in [3.05, 3.63) is 67.3 Å². The Balaban J connectivity index is 1.52. The van der Waals surface area contributed by atoms with Crippen molar-refractivity contribution in [3.8, 4) is 0 Å². The molecule has 0 aliphatic carbocycles. The first-order chi connectivity index (χ1) is 16.2. The maximum Gasteiger partial charge on any atom is 0.416 e. The predicted molar refractivity (Wildman–Crippen MR) is 117 cm³/mol. The molecule has 4 aromatic rings. The van der Waals surface area contributed by atoms with Crippen LogP contribution in [0, 0.1) is 0 Å². The van der Waals surface area contributed by atoms with E-state index in [2.05, 4.69) is 25.5 Å². The maximum absolute atomic E-state index is 13.0. The van der Waals surface area contributed by atoms with Crippen molar-refractivity contribution < 1.29 is 13.2 Å². The SMILES string of the molecule is CCCn1c(=O)n(CCCn2nnnc2Cc2cccc(C(F)(F)F)c2)c(=O)c2[nH]c(Cl)nc21. The van der Waals surface area contributed by atoms with Crippen LogP contribution in [-0.4, -0.2) is 39.3 Å². The standard InChI is InChI=1S/C20H20ClF3N8O2/c1-2-7-30-16-15(25-18(21)26-16)17(33)31(19(30)34)8-4-9-32-14(27-28-29-32)11-12-5-3-6-13(10-12)20(22,23)24/h3,5-6,10H,2,4,7-9,11H2,1H3,(H,25,26). The molecule has 0 bridgehead atoms. The molecule has 0 aliphatic rings. The molecule has 0 aliphatic heterocycles. The number of halogens is 4. The zero-order chi connectivity index (χ0) is 24.5. The van der Waals surface area contributed by atoms with Crippen LogP contribution in [0.3, 0.4) is 0 Å². The minimum atomic E-state index is -4.44. The van der Waals surface area contributed by atoms with Crippen LogP contribution in [0.4, 0.5) is 13.2 Å². The van der Waals surface area contributed by atoms with E-state index in [9.17, 15) is 22.8 Å². The second-order valence-corrected chi connectivity index (χ2v) is 8.02. The summed E-state index contributed by atoms with van der Waals surface area (Å²) in [6.07, 6.45) is -3.37. The molecule has 3 aromatic heterocycles. The zero-order valence-electron chi connectivity index (χ0n) is 18.0. The van der Waals surface area contributed by atoms with Crippen LogP contribution in [0.2, 0.25) is 5.28 Å². The Morgan fingerprint density at radius 3 is 2.65 bits per heavy atom. The van der Waals surface area contributed by atoms with Gasteiger partial charge < -0.3 is 4.98 Å². The van der Waals surface area contributed by atoms with Gasteiger partial charge in [0, 0.05) is 26.1 Å². The molecule has 1 aromatic carbocycles. The molecule has 0 amide bonds. The number of rotatable bonds is 8. The van der Waals surface area contributed by atoms with Gasteiger partial charge in [-0.2, -0.15) is 18.2 Å². The summed E-state index contributed by atoms with van der Waals surface area (Å²) in [6.45, 7) is 2.59. The number of benzene rings is 1. The molecule has 4 rings (SSSR count). The lowest BCUT2D eigenvalue weighted by atomic mass is 10.1. The number of aromatic nitrogens is 8. The Hall–Kier alpha value is -3.48. The normalized spacial score (nSPS) is 12.0. The minimum Gasteiger partial charge on any atom is -0.323 e. The lowest BCUT2D eigenvalue weighted by Gasteiger charge is -2.11. The van der Waals surface area contributed by atoms with Gasteiger partial charge in [-0.1, -0.05) is 25.1 Å². The molecule has 34 heavy (non-hydrogen) atoms. The number of alkyl halides is 3. The van der Waals surface area contributed by atoms with Crippen molar-refractivity contribution in [1.29, 1.82) is 0 Å². The Kier molecular flexibility index (Phi) is 6.55. The van der Waals surface area contributed by atoms with Crippen LogP contribution in [0.5, 0.6) is 0 Å². The molecule has 0 fully saturated rings. The third-order valence-corrected chi connectivity index (χ3v) is 5.43. The molecular weight excluding hydrogens is 477 g/mol. The third kappa shape index (κ3) is 4.74. The van der Waals surface area contributed by atoms with Crippen LogP contribution < -0.4 is 11.2 Å². The van der Waals surface area contributed by atoms with Crippen molar-refractivity contribution in [2.45, 2.75) is 52.0 Å². The first-order valence-electron chi connectivity index (χ1n) is 10.5. The average molecular weight is 497 g/mol. The van der Waals surface area contributed by atoms with Crippen molar-refractivity contribution in [2.24, 2.45) is 0 Å². The molecule has 0 unspecified atom stereocenters. The van der Waals surface area contributed by atoms with Crippen LogP contribution in [-0.2, 0) is 32.2 Å². The van der Waals surface area contributed by atoms with E-state index >= 15 is 0 Å². The first-order valence-corrected chi connectivity index (χ1v) is 10.9. The first kappa shape index (κ1) is 23.7. The highest BCUT2D eigenvalue weighted by Gasteiger charge is 2.30. The Morgan fingerprint density at radius 1 is 1.12 bits per heavy atom. The van der Waals surface area contributed by atoms with E-state index in [1.165, 1.54) is 15.3 Å². The van der Waals surface area contributed by atoms with Crippen molar-refractivity contribution in [2.75, 3.05) is 0 Å². The van der Waals surface area contributed by atoms with Crippen LogP contribution >= 0.6 is 11.6 Å². The predicted octanol–water partition coefficient (Wildman–Crippen LogP) is 2.64. The van der Waals surface area contributed by atoms with Crippen LogP contribution in [0.15, 0.2) is 33.9 Å². The van der Waals surface area contributed by atoms with E-state index < -0.39 is 23.0 Å². The number of imidazole rings is 1. The molecule has 3 heterocycles. The fourth-order valence-corrected chi connectivity index (χ4v) is 3.88. The second-order valence-electron chi connectivity index (χ2n) is 7.66. The number of hydrogen-bond acceptors (Lipinski definition) is 6. The summed E-state index contributed by atoms with van der Waals surface area (Å²) in [6, 6.07) is 4.95. The number of aryl methyl sites for hydroxylation is 2. The lowest BCUT2D eigenvalue weighted by molar-refractivity contribution is -0.137. The number of nitrogens with zero attached hydrogens (tertiary/aromatic N) is 7. The van der Waals surface area contributed by atoms with Gasteiger partial charge in [-0.05, 0) is 46.5 Å². The Labute approximate surface area is 195 Å². The van der Waals surface area contributed by atoms with Gasteiger partial charge in [0.2, 0.25) is 5.28 Å². The van der Waals surface area contributed by atoms with Gasteiger partial charge in [-0.3, -0.25) is 13.9 Å². The number of nitrogens with one attached hydrogen (secondary N) is 1. The Morgan fingerprint density at radius 2 is 1.91 bits per heavy atom. The van der Waals surface area contributed by atoms with Crippen LogP contribution in [0.1, 0.15) is 36.7 Å². The molecule has 0 saturated heterocycles. The summed E-state index contributed by atoms with van der Waals surface area (Å²) in [4.78, 5) is 32.5. The minimum absolute atomic E-state index is 0.0158. The average Bonchev–Trinajstić information content (AvgIpc) is 3.39. The Bertz CT molecular complexity index is 1440. The maximum atomic E-state index is 13.0. The number of fused-ring (bicyclic) bond motifs is 1. The van der Waals surface area contributed by atoms with E-state index in [-0.39, 0.29) is 36.0 Å². The van der Waals surface area contributed by atoms with Crippen LogP contribution in [0.25, 0.3) is 11.2 Å². The largest absolute Gasteiger partial charge is 0.416 e. The molecule has 0 radical (unpaired) electrons. The highest BCUT2D eigenvalue weighted by atomic mass is 35.5. The van der Waals surface area contributed by atoms with Crippen molar-refractivity contribution >= 4 is 22.8 Å². The van der Waals surface area contributed by atoms with Gasteiger partial charge in [-0.25, -0.2) is 9.48 Å². The van der Waals surface area contributed by atoms with Gasteiger partial charge >= 0.3 is 11.9 Å². The molecule has 10 nitrogen and oxygen atoms in total. The fourth-order valence-electron chi connectivity index (χ4n) is 3.70. The van der Waals surface area contributed by atoms with Gasteiger partial charge in [0.05, 0.1) is 5.56 Å². The molecule has 180 valence electrons. The van der Waals surface area contributed by atoms with E-state index in [0.717, 1.165) is 16.7 Å². The van der Waals surface area contributed by atoms with Gasteiger partial charge in [0.25, 0.3) is 5.56 Å². The second kappa shape index (κ2) is 9.41. The number of tetrazole rings is 1. The molecule has 0 atom stereocenters. The highest BCUT2D eigenvalue weighted by molar-refractivity contribution is 6.28. The number of hydrogen-bond donors (Lipinski definition) is 1. The van der Waals surface area contributed by atoms with Gasteiger partial charge in [-0.15, -0.1) is 5.10 Å². The summed E-state index contributed by atoms with van der Waals surface area (Å²) in [5.41, 5.74) is -1.02. The monoisotopic (exact) mass is 496 g/mol. The quantitative estimate of drug-likeness (QED) is 0.375. The van der Waals surface area contributed by atoms with E-state index in [4.69, 9.17) is 11.6 Å². The number of H-pyrrole nitrogens is 1. The molecule has 0 spiro atoms. The summed E-state index contributed by atoms with van der Waals surface area (Å²) >= 11 is 5.90. The van der Waals surface area contributed by atoms with E-state index in [1.807, 2.05) is 6.92 Å². The summed E-state index contributed by atoms with van der Waals surface area (Å²) in [7, 11) is 0. The molecule has 0 saturated carbocycles. The smallest absolute Gasteiger partial charge is 0.323 e. The lowest BCUT2D eigenvalue weighted by Crippen LogP contribution is -2.40. The number of aromatic amines is 1. The summed E-state index contributed by atoms with van der Waals surface area (Å²) in [5, 5.41) is 11.4. The van der Waals surface area contributed by atoms with E-state index in [0.29, 0.717) is 30.8 Å². The fraction of sp³-hybridized carbons (Fsp3) is 0.400. The summed E-state index contributed by atoms with van der Waals surface area (Å²) < 4.78 is 42.9. The highest BCUT2D eigenvalue weighted by Crippen LogP contribution is 2.29. The molecule has 14 heteroatoms. The molecular formula is C20H20ClF3N8O2. The van der Waals surface area contributed by atoms with Gasteiger partial charge in [0.1, 0.15) is 0 Å². The van der Waals surface area contributed by atoms with Crippen molar-refractivity contribution in [1.82, 2.24) is 39.3 Å². The van der Waals surface area contributed by atoms with E-state index in [1.54, 1.807) is 6.07 Å². The molecule has 1 N–H and O–H groups in total. The topological polar surface area (TPSA) is 116 Å². The third-order valence-electron chi connectivity index (χ3n) is 5.25. The summed E-state index contributed by atoms with van der Waals surface area (Å²) in [5.74, 6) is 0.367. The zero-order valence-corrected chi connectivity index (χ0v) is 18.8.